The van der Waals surface area contributed by atoms with Crippen LogP contribution in [0.2, 0.25) is 0 Å². The molecule has 46 heavy (non-hydrogen) atoms. The zero-order chi connectivity index (χ0) is 30.2. The predicted octanol–water partition coefficient (Wildman–Crippen LogP) is 10.5. The van der Waals surface area contributed by atoms with E-state index in [1.807, 2.05) is 6.20 Å². The Morgan fingerprint density at radius 3 is 1.46 bits per heavy atom. The summed E-state index contributed by atoms with van der Waals surface area (Å²) in [5, 5.41) is 3.59. The van der Waals surface area contributed by atoms with E-state index in [0.717, 1.165) is 44.8 Å². The lowest BCUT2D eigenvalue weighted by atomic mass is 9.83. The summed E-state index contributed by atoms with van der Waals surface area (Å²) in [6.07, 6.45) is 2.03. The van der Waals surface area contributed by atoms with Gasteiger partial charge < -0.3 is 0 Å². The lowest BCUT2D eigenvalue weighted by Crippen LogP contribution is -2.08. The molecule has 0 bridgehead atoms. The van der Waals surface area contributed by atoms with Crippen molar-refractivity contribution in [1.82, 2.24) is 19.1 Å². The minimum absolute atomic E-state index is 0.645. The van der Waals surface area contributed by atoms with Crippen molar-refractivity contribution < 1.29 is 0 Å². The minimum Gasteiger partial charge on any atom is -0.295 e. The molecule has 4 heteroatoms. The van der Waals surface area contributed by atoms with Gasteiger partial charge >= 0.3 is 0 Å². The van der Waals surface area contributed by atoms with Crippen LogP contribution < -0.4 is 0 Å². The largest absolute Gasteiger partial charge is 0.295 e. The molecule has 3 aromatic heterocycles. The molecule has 1 aliphatic carbocycles. The van der Waals surface area contributed by atoms with E-state index >= 15 is 0 Å². The second-order valence-corrected chi connectivity index (χ2v) is 11.8. The molecular weight excluding hydrogens is 560 g/mol. The predicted molar refractivity (Wildman–Crippen MR) is 189 cm³/mol. The highest BCUT2D eigenvalue weighted by atomic mass is 15.2. The van der Waals surface area contributed by atoms with Crippen LogP contribution in [0.4, 0.5) is 0 Å². The molecule has 0 saturated heterocycles. The Morgan fingerprint density at radius 2 is 0.848 bits per heavy atom. The van der Waals surface area contributed by atoms with Gasteiger partial charge in [-0.3, -0.25) is 9.13 Å². The van der Waals surface area contributed by atoms with Gasteiger partial charge in [-0.1, -0.05) is 127 Å². The summed E-state index contributed by atoms with van der Waals surface area (Å²) in [5.74, 6) is 0.645. The highest BCUT2D eigenvalue weighted by molar-refractivity contribution is 6.22. The minimum atomic E-state index is 0.645. The topological polar surface area (TPSA) is 35.6 Å². The Labute approximate surface area is 265 Å². The lowest BCUT2D eigenvalue weighted by Gasteiger charge is -2.22. The van der Waals surface area contributed by atoms with Crippen molar-refractivity contribution >= 4 is 32.8 Å². The Hall–Kier alpha value is -6.26. The van der Waals surface area contributed by atoms with Crippen LogP contribution in [0.5, 0.6) is 0 Å². The molecule has 0 saturated carbocycles. The van der Waals surface area contributed by atoms with Crippen molar-refractivity contribution in [3.05, 3.63) is 158 Å². The molecule has 0 aliphatic heterocycles. The number of aromatic nitrogens is 4. The molecule has 3 heterocycles. The Morgan fingerprint density at radius 1 is 0.391 bits per heavy atom. The van der Waals surface area contributed by atoms with Crippen LogP contribution in [-0.2, 0) is 0 Å². The first kappa shape index (κ1) is 25.1. The second kappa shape index (κ2) is 9.62. The average Bonchev–Trinajstić information content (AvgIpc) is 3.64. The van der Waals surface area contributed by atoms with Crippen molar-refractivity contribution in [2.45, 2.75) is 0 Å². The van der Waals surface area contributed by atoms with Crippen molar-refractivity contribution in [1.29, 1.82) is 0 Å². The zero-order valence-corrected chi connectivity index (χ0v) is 24.8. The number of fused-ring (bicyclic) bond motifs is 13. The summed E-state index contributed by atoms with van der Waals surface area (Å²) >= 11 is 0. The fourth-order valence-corrected chi connectivity index (χ4v) is 7.45. The number of hydrogen-bond donors (Lipinski definition) is 0. The Balaban J connectivity index is 1.35. The van der Waals surface area contributed by atoms with Gasteiger partial charge in [-0.2, -0.15) is 0 Å². The van der Waals surface area contributed by atoms with Gasteiger partial charge in [-0.25, -0.2) is 9.97 Å². The van der Waals surface area contributed by atoms with Gasteiger partial charge in [0.05, 0.1) is 16.7 Å². The van der Waals surface area contributed by atoms with Gasteiger partial charge in [-0.05, 0) is 52.1 Å². The molecule has 0 N–H and O–H groups in total. The smallest absolute Gasteiger partial charge is 0.236 e. The van der Waals surface area contributed by atoms with E-state index in [2.05, 4.69) is 161 Å². The lowest BCUT2D eigenvalue weighted by molar-refractivity contribution is 0.962. The van der Waals surface area contributed by atoms with Crippen molar-refractivity contribution in [2.24, 2.45) is 0 Å². The first-order chi connectivity index (χ1) is 22.9. The normalized spacial score (nSPS) is 11.9. The van der Waals surface area contributed by atoms with Crippen LogP contribution in [0.3, 0.4) is 0 Å². The fourth-order valence-electron chi connectivity index (χ4n) is 7.45. The highest BCUT2D eigenvalue weighted by Crippen LogP contribution is 2.47. The molecule has 9 aromatic rings. The molecule has 0 amide bonds. The third-order valence-electron chi connectivity index (χ3n) is 9.37. The van der Waals surface area contributed by atoms with Gasteiger partial charge in [0.1, 0.15) is 5.65 Å². The molecule has 0 atom stereocenters. The first-order valence-electron chi connectivity index (χ1n) is 15.6. The Bertz CT molecular complexity index is 2640. The van der Waals surface area contributed by atoms with Crippen LogP contribution >= 0.6 is 0 Å². The number of benzene rings is 6. The maximum absolute atomic E-state index is 5.51. The molecule has 1 aliphatic rings. The van der Waals surface area contributed by atoms with Gasteiger partial charge in [-0.15, -0.1) is 0 Å². The van der Waals surface area contributed by atoms with Crippen LogP contribution in [-0.4, -0.2) is 19.1 Å². The van der Waals surface area contributed by atoms with Gasteiger partial charge in [0, 0.05) is 39.2 Å². The number of rotatable bonds is 2. The van der Waals surface area contributed by atoms with Crippen molar-refractivity contribution in [2.75, 3.05) is 0 Å². The molecule has 10 rings (SSSR count). The van der Waals surface area contributed by atoms with Gasteiger partial charge in [0.2, 0.25) is 5.95 Å². The molecule has 214 valence electrons. The highest BCUT2D eigenvalue weighted by Gasteiger charge is 2.26. The first-order valence-corrected chi connectivity index (χ1v) is 15.6. The van der Waals surface area contributed by atoms with Gasteiger partial charge in [0.15, 0.2) is 0 Å². The van der Waals surface area contributed by atoms with Crippen LogP contribution in [0.15, 0.2) is 158 Å². The van der Waals surface area contributed by atoms with Crippen molar-refractivity contribution in [3.63, 3.8) is 0 Å². The molecular formula is C42H26N4. The summed E-state index contributed by atoms with van der Waals surface area (Å²) in [6, 6.07) is 53.8. The second-order valence-electron chi connectivity index (χ2n) is 11.8. The number of hydrogen-bond acceptors (Lipinski definition) is 2. The maximum atomic E-state index is 5.51. The molecule has 6 aromatic carbocycles. The van der Waals surface area contributed by atoms with E-state index in [1.54, 1.807) is 0 Å². The molecule has 0 fully saturated rings. The van der Waals surface area contributed by atoms with E-state index in [1.165, 1.54) is 38.4 Å². The molecule has 0 radical (unpaired) electrons. The maximum Gasteiger partial charge on any atom is 0.236 e. The van der Waals surface area contributed by atoms with E-state index in [-0.39, 0.29) is 0 Å². The summed E-state index contributed by atoms with van der Waals surface area (Å²) < 4.78 is 4.60. The average molecular weight is 587 g/mol. The third kappa shape index (κ3) is 3.44. The summed E-state index contributed by atoms with van der Waals surface area (Å²) in [7, 11) is 0. The SMILES string of the molecule is c1ccc(-n2c3ccccc3c3c4ccccc4n(-c4ncc5c(n4)-c4ccccc4-c4ccccc4-c4ccccc4-5)c32)cc1. The number of nitrogens with zero attached hydrogens (tertiary/aromatic N) is 4. The van der Waals surface area contributed by atoms with E-state index in [9.17, 15) is 0 Å². The summed E-state index contributed by atoms with van der Waals surface area (Å²) in [6.45, 7) is 0. The van der Waals surface area contributed by atoms with E-state index < -0.39 is 0 Å². The van der Waals surface area contributed by atoms with Crippen molar-refractivity contribution in [3.8, 4) is 56.3 Å². The standard InChI is InChI=1S/C42H26N4/c1-2-14-27(15-3-1)45-37-24-12-10-22-34(37)39-35-23-11-13-25-38(35)46(41(39)45)42-43-26-36-32-20-7-6-18-30(32)28-16-4-5-17-29(28)31-19-8-9-21-33(31)40(36)44-42/h1-26H. The van der Waals surface area contributed by atoms with E-state index in [0.29, 0.717) is 5.95 Å². The molecule has 4 nitrogen and oxygen atoms in total. The fraction of sp³-hybridized carbons (Fsp3) is 0. The molecule has 0 unspecified atom stereocenters. The number of para-hydroxylation sites is 3. The van der Waals surface area contributed by atoms with Crippen LogP contribution in [0.1, 0.15) is 0 Å². The Kier molecular flexibility index (Phi) is 5.25. The van der Waals surface area contributed by atoms with Gasteiger partial charge in [0.25, 0.3) is 0 Å². The molecule has 0 spiro atoms. The van der Waals surface area contributed by atoms with Crippen LogP contribution in [0, 0.1) is 0 Å². The zero-order valence-electron chi connectivity index (χ0n) is 24.8. The quantitative estimate of drug-likeness (QED) is 0.202. The van der Waals surface area contributed by atoms with E-state index in [4.69, 9.17) is 9.97 Å². The summed E-state index contributed by atoms with van der Waals surface area (Å²) in [5.41, 5.74) is 13.3. The van der Waals surface area contributed by atoms with Crippen LogP contribution in [0.25, 0.3) is 89.1 Å². The monoisotopic (exact) mass is 586 g/mol. The third-order valence-corrected chi connectivity index (χ3v) is 9.37. The summed E-state index contributed by atoms with van der Waals surface area (Å²) in [4.78, 5) is 10.7.